The number of nitrogens with one attached hydrogen (secondary N) is 3. The summed E-state index contributed by atoms with van der Waals surface area (Å²) >= 11 is 3.65. The number of hydrogen-bond acceptors (Lipinski definition) is 2. The van der Waals surface area contributed by atoms with Crippen molar-refractivity contribution in [2.45, 2.75) is 24.6 Å². The summed E-state index contributed by atoms with van der Waals surface area (Å²) in [5.74, 6) is 0. The first-order chi connectivity index (χ1) is 5.55. The summed E-state index contributed by atoms with van der Waals surface area (Å²) in [7, 11) is 1.97. The van der Waals surface area contributed by atoms with E-state index in [1.165, 1.54) is 4.90 Å². The summed E-state index contributed by atoms with van der Waals surface area (Å²) in [6.07, 6.45) is 4.63. The minimum atomic E-state index is 0.0601. The smallest absolute Gasteiger partial charge is 0.203 e. The van der Waals surface area contributed by atoms with E-state index < -0.39 is 0 Å². The van der Waals surface area contributed by atoms with E-state index in [1.54, 1.807) is 0 Å². The number of halogens is 1. The fourth-order valence-corrected chi connectivity index (χ4v) is 1.74. The van der Waals surface area contributed by atoms with Gasteiger partial charge in [0.25, 0.3) is 0 Å². The molecule has 2 atom stereocenters. The molecule has 3 N–H and O–H groups in total. The largest absolute Gasteiger partial charge is 0.268 e. The summed E-state index contributed by atoms with van der Waals surface area (Å²) in [5, 5.41) is 6.59. The Bertz CT molecular complexity index is 174. The minimum Gasteiger partial charge on any atom is -0.268 e. The van der Waals surface area contributed by atoms with Crippen LogP contribution >= 0.6 is 15.9 Å². The Hall–Kier alpha value is 0.100. The molecule has 1 heterocycles. The van der Waals surface area contributed by atoms with E-state index in [0.717, 1.165) is 6.54 Å². The molecule has 12 heavy (non-hydrogen) atoms. The molecule has 0 aromatic heterocycles. The third-order valence-corrected chi connectivity index (χ3v) is 2.48. The van der Waals surface area contributed by atoms with E-state index in [1.807, 2.05) is 7.05 Å². The molecule has 3 nitrogen and oxygen atoms in total. The fraction of sp³-hybridized carbons (Fsp3) is 0.750. The van der Waals surface area contributed by atoms with Gasteiger partial charge in [-0.3, -0.25) is 15.5 Å². The van der Waals surface area contributed by atoms with Crippen LogP contribution < -0.4 is 15.5 Å². The summed E-state index contributed by atoms with van der Waals surface area (Å²) in [6, 6.07) is 0. The molecule has 0 amide bonds. The van der Waals surface area contributed by atoms with Gasteiger partial charge >= 0.3 is 0 Å². The zero-order valence-electron chi connectivity index (χ0n) is 7.82. The van der Waals surface area contributed by atoms with E-state index >= 15 is 0 Å². The lowest BCUT2D eigenvalue weighted by Gasteiger charge is -2.36. The van der Waals surface area contributed by atoms with Crippen molar-refractivity contribution in [2.24, 2.45) is 0 Å². The van der Waals surface area contributed by atoms with Crippen LogP contribution in [0.4, 0.5) is 0 Å². The van der Waals surface area contributed by atoms with Crippen molar-refractivity contribution in [1.82, 2.24) is 10.6 Å². The lowest BCUT2D eigenvalue weighted by Crippen LogP contribution is -3.21. The van der Waals surface area contributed by atoms with Crippen LogP contribution in [0.2, 0.25) is 0 Å². The number of quaternary nitrogens is 1. The van der Waals surface area contributed by atoms with Crippen LogP contribution in [-0.4, -0.2) is 24.3 Å². The van der Waals surface area contributed by atoms with Gasteiger partial charge in [-0.25, -0.2) is 0 Å². The molecule has 4 heteroatoms. The Morgan fingerprint density at radius 2 is 2.33 bits per heavy atom. The van der Waals surface area contributed by atoms with Crippen LogP contribution in [-0.2, 0) is 0 Å². The first-order valence-electron chi connectivity index (χ1n) is 4.19. The molecule has 0 aromatic rings. The van der Waals surface area contributed by atoms with Crippen molar-refractivity contribution in [2.75, 3.05) is 13.6 Å². The lowest BCUT2D eigenvalue weighted by molar-refractivity contribution is -0.913. The zero-order valence-corrected chi connectivity index (χ0v) is 9.40. The van der Waals surface area contributed by atoms with Crippen molar-refractivity contribution in [1.29, 1.82) is 0 Å². The number of alkyl halides is 1. The Labute approximate surface area is 82.3 Å². The van der Waals surface area contributed by atoms with Gasteiger partial charge in [-0.1, -0.05) is 0 Å². The average molecular weight is 235 g/mol. The third kappa shape index (κ3) is 2.29. The Morgan fingerprint density at radius 3 is 2.75 bits per heavy atom. The molecular weight excluding hydrogens is 218 g/mol. The fourth-order valence-electron chi connectivity index (χ4n) is 1.38. The van der Waals surface area contributed by atoms with Crippen molar-refractivity contribution in [3.05, 3.63) is 12.3 Å². The van der Waals surface area contributed by atoms with Crippen LogP contribution in [0.25, 0.3) is 0 Å². The molecule has 0 spiro atoms. The molecule has 0 saturated heterocycles. The molecule has 70 valence electrons. The summed E-state index contributed by atoms with van der Waals surface area (Å²) in [5.41, 5.74) is 0. The summed E-state index contributed by atoms with van der Waals surface area (Å²) in [6.45, 7) is 5.26. The van der Waals surface area contributed by atoms with E-state index in [4.69, 9.17) is 0 Å². The molecule has 1 aliphatic heterocycles. The maximum absolute atomic E-state index is 3.65. The maximum atomic E-state index is 3.65. The molecule has 2 unspecified atom stereocenters. The van der Waals surface area contributed by atoms with E-state index in [0.29, 0.717) is 6.29 Å². The maximum Gasteiger partial charge on any atom is 0.203 e. The van der Waals surface area contributed by atoms with Crippen LogP contribution in [0, 0.1) is 0 Å². The standard InChI is InChI=1S/C8H16BrN3/c1-8(2,9)12-6-4-5-11-7(12)10-3/h4,6-7,10-11H,5H2,1-3H3/p+1. The second kappa shape index (κ2) is 3.87. The predicted molar refractivity (Wildman–Crippen MR) is 54.0 cm³/mol. The van der Waals surface area contributed by atoms with Crippen LogP contribution in [0.5, 0.6) is 0 Å². The molecular formula is C8H17BrN3+. The van der Waals surface area contributed by atoms with Crippen LogP contribution in [0.1, 0.15) is 13.8 Å². The van der Waals surface area contributed by atoms with Gasteiger partial charge < -0.3 is 0 Å². The first kappa shape index (κ1) is 10.2. The molecule has 0 radical (unpaired) electrons. The van der Waals surface area contributed by atoms with Gasteiger partial charge in [0.1, 0.15) is 0 Å². The van der Waals surface area contributed by atoms with E-state index in [9.17, 15) is 0 Å². The Balaban J connectivity index is 2.71. The highest BCUT2D eigenvalue weighted by Gasteiger charge is 2.33. The Morgan fingerprint density at radius 1 is 1.67 bits per heavy atom. The van der Waals surface area contributed by atoms with Gasteiger partial charge in [0.05, 0.1) is 6.20 Å². The topological polar surface area (TPSA) is 28.5 Å². The highest BCUT2D eigenvalue weighted by molar-refractivity contribution is 9.10. The summed E-state index contributed by atoms with van der Waals surface area (Å²) < 4.78 is 0.0601. The molecule has 0 fully saturated rings. The second-order valence-corrected chi connectivity index (χ2v) is 5.44. The van der Waals surface area contributed by atoms with Crippen molar-refractivity contribution in [3.63, 3.8) is 0 Å². The number of rotatable bonds is 2. The monoisotopic (exact) mass is 234 g/mol. The SMILES string of the molecule is CNC1NCC=C[NH+]1C(C)(C)Br. The molecule has 1 rings (SSSR count). The quantitative estimate of drug-likeness (QED) is 0.450. The van der Waals surface area contributed by atoms with E-state index in [2.05, 4.69) is 52.7 Å². The van der Waals surface area contributed by atoms with Crippen molar-refractivity contribution < 1.29 is 4.90 Å². The van der Waals surface area contributed by atoms with Crippen LogP contribution in [0.15, 0.2) is 12.3 Å². The Kier molecular flexibility index (Phi) is 3.29. The van der Waals surface area contributed by atoms with E-state index in [-0.39, 0.29) is 4.45 Å². The summed E-state index contributed by atoms with van der Waals surface area (Å²) in [4.78, 5) is 1.34. The predicted octanol–water partition coefficient (Wildman–Crippen LogP) is -0.378. The van der Waals surface area contributed by atoms with Crippen LogP contribution in [0.3, 0.4) is 0 Å². The molecule has 0 bridgehead atoms. The van der Waals surface area contributed by atoms with Gasteiger partial charge in [-0.05, 0) is 29.1 Å². The van der Waals surface area contributed by atoms with Gasteiger partial charge in [-0.15, -0.1) is 0 Å². The van der Waals surface area contributed by atoms with Gasteiger partial charge in [0.2, 0.25) is 6.29 Å². The third-order valence-electron chi connectivity index (χ3n) is 2.02. The lowest BCUT2D eigenvalue weighted by atomic mass is 10.3. The molecule has 1 aliphatic rings. The van der Waals surface area contributed by atoms with Crippen molar-refractivity contribution >= 4 is 15.9 Å². The molecule has 0 aliphatic carbocycles. The normalized spacial score (nSPS) is 30.7. The van der Waals surface area contributed by atoms with Gasteiger partial charge in [0, 0.05) is 20.4 Å². The van der Waals surface area contributed by atoms with Gasteiger partial charge in [-0.2, -0.15) is 0 Å². The minimum absolute atomic E-state index is 0.0601. The highest BCUT2D eigenvalue weighted by atomic mass is 79.9. The number of hydrogen-bond donors (Lipinski definition) is 3. The molecule has 0 saturated carbocycles. The van der Waals surface area contributed by atoms with Gasteiger partial charge in [0.15, 0.2) is 4.45 Å². The zero-order chi connectivity index (χ0) is 9.19. The molecule has 0 aromatic carbocycles. The second-order valence-electron chi connectivity index (χ2n) is 3.46. The average Bonchev–Trinajstić information content (AvgIpc) is 2.03. The first-order valence-corrected chi connectivity index (χ1v) is 4.98. The highest BCUT2D eigenvalue weighted by Crippen LogP contribution is 2.06. The van der Waals surface area contributed by atoms with Crippen molar-refractivity contribution in [3.8, 4) is 0 Å².